The predicted molar refractivity (Wildman–Crippen MR) is 75.7 cm³/mol. The molecule has 1 aromatic heterocycles. The second kappa shape index (κ2) is 4.72. The fraction of sp³-hybridized carbons (Fsp3) is 0.133. The van der Waals surface area contributed by atoms with Gasteiger partial charge in [-0.1, -0.05) is 41.9 Å². The number of carbonyl (C=O) groups excluding carboxylic acids is 2. The molecule has 5 heteroatoms. The summed E-state index contributed by atoms with van der Waals surface area (Å²) in [5, 5.41) is 0.308. The summed E-state index contributed by atoms with van der Waals surface area (Å²) >= 11 is 5.93. The van der Waals surface area contributed by atoms with E-state index in [4.69, 9.17) is 11.6 Å². The molecule has 1 atom stereocenters. The van der Waals surface area contributed by atoms with Gasteiger partial charge >= 0.3 is 0 Å². The smallest absolute Gasteiger partial charge is 0.245 e. The van der Waals surface area contributed by atoms with Crippen LogP contribution >= 0.6 is 11.6 Å². The Labute approximate surface area is 121 Å². The van der Waals surface area contributed by atoms with E-state index in [2.05, 4.69) is 4.98 Å². The Bertz CT molecular complexity index is 700. The van der Waals surface area contributed by atoms with Gasteiger partial charge in [0, 0.05) is 6.92 Å². The number of amides is 2. The van der Waals surface area contributed by atoms with Gasteiger partial charge in [0.1, 0.15) is 5.15 Å². The highest BCUT2D eigenvalue weighted by molar-refractivity contribution is 6.30. The number of fused-ring (bicyclic) bond motifs is 1. The lowest BCUT2D eigenvalue weighted by Gasteiger charge is -2.13. The Hall–Kier alpha value is -2.20. The summed E-state index contributed by atoms with van der Waals surface area (Å²) in [6, 6.07) is 11.0. The van der Waals surface area contributed by atoms with Crippen molar-refractivity contribution < 1.29 is 9.59 Å². The van der Waals surface area contributed by atoms with Crippen LogP contribution in [0.3, 0.4) is 0 Å². The first-order valence-electron chi connectivity index (χ1n) is 6.14. The lowest BCUT2D eigenvalue weighted by atomic mass is 9.93. The molecule has 1 unspecified atom stereocenters. The van der Waals surface area contributed by atoms with Gasteiger partial charge < -0.3 is 0 Å². The van der Waals surface area contributed by atoms with Crippen molar-refractivity contribution >= 4 is 29.1 Å². The predicted octanol–water partition coefficient (Wildman–Crippen LogP) is 2.76. The largest absolute Gasteiger partial charge is 0.274 e. The highest BCUT2D eigenvalue weighted by Crippen LogP contribution is 2.41. The number of aromatic nitrogens is 1. The quantitative estimate of drug-likeness (QED) is 0.758. The zero-order chi connectivity index (χ0) is 14.3. The second-order valence-electron chi connectivity index (χ2n) is 4.60. The van der Waals surface area contributed by atoms with Crippen LogP contribution in [0.25, 0.3) is 0 Å². The highest BCUT2D eigenvalue weighted by atomic mass is 35.5. The average molecular weight is 287 g/mol. The molecule has 2 heterocycles. The Kier molecular flexibility index (Phi) is 3.03. The number of halogens is 1. The molecule has 2 amide bonds. The fourth-order valence-corrected chi connectivity index (χ4v) is 2.69. The molecule has 0 radical (unpaired) electrons. The van der Waals surface area contributed by atoms with Crippen LogP contribution in [0.2, 0.25) is 5.15 Å². The van der Waals surface area contributed by atoms with Crippen molar-refractivity contribution in [2.45, 2.75) is 12.8 Å². The molecule has 100 valence electrons. The molecule has 1 aliphatic rings. The number of nitrogens with zero attached hydrogens (tertiary/aromatic N) is 2. The van der Waals surface area contributed by atoms with Crippen molar-refractivity contribution in [3.63, 3.8) is 0 Å². The van der Waals surface area contributed by atoms with E-state index in [1.165, 1.54) is 13.1 Å². The van der Waals surface area contributed by atoms with Crippen molar-refractivity contribution in [1.82, 2.24) is 4.98 Å². The van der Waals surface area contributed by atoms with Gasteiger partial charge in [0.2, 0.25) is 11.8 Å². The van der Waals surface area contributed by atoms with Crippen molar-refractivity contribution in [2.75, 3.05) is 4.90 Å². The summed E-state index contributed by atoms with van der Waals surface area (Å²) in [5.41, 5.74) is 2.07. The fourth-order valence-electron chi connectivity index (χ4n) is 2.53. The molecule has 0 saturated heterocycles. The van der Waals surface area contributed by atoms with Crippen LogP contribution in [0.15, 0.2) is 42.6 Å². The van der Waals surface area contributed by atoms with Crippen LogP contribution in [-0.4, -0.2) is 16.8 Å². The Morgan fingerprint density at radius 2 is 2.00 bits per heavy atom. The van der Waals surface area contributed by atoms with Gasteiger partial charge in [0.15, 0.2) is 0 Å². The molecule has 0 spiro atoms. The molecule has 0 N–H and O–H groups in total. The zero-order valence-corrected chi connectivity index (χ0v) is 11.5. The Morgan fingerprint density at radius 1 is 1.30 bits per heavy atom. The van der Waals surface area contributed by atoms with Gasteiger partial charge in [0.25, 0.3) is 0 Å². The van der Waals surface area contributed by atoms with Gasteiger partial charge in [-0.15, -0.1) is 0 Å². The minimum Gasteiger partial charge on any atom is -0.274 e. The van der Waals surface area contributed by atoms with Crippen LogP contribution in [0.5, 0.6) is 0 Å². The number of carbonyl (C=O) groups is 2. The minimum atomic E-state index is -0.504. The molecule has 0 aliphatic carbocycles. The molecule has 0 saturated carbocycles. The number of anilines is 1. The van der Waals surface area contributed by atoms with E-state index < -0.39 is 5.92 Å². The zero-order valence-electron chi connectivity index (χ0n) is 10.7. The van der Waals surface area contributed by atoms with E-state index >= 15 is 0 Å². The molecule has 20 heavy (non-hydrogen) atoms. The maximum absolute atomic E-state index is 12.5. The van der Waals surface area contributed by atoms with Crippen molar-refractivity contribution in [3.8, 4) is 0 Å². The lowest BCUT2D eigenvalue weighted by Crippen LogP contribution is -2.33. The number of hydrogen-bond acceptors (Lipinski definition) is 3. The summed E-state index contributed by atoms with van der Waals surface area (Å²) in [6.45, 7) is 1.36. The van der Waals surface area contributed by atoms with Gasteiger partial charge in [-0.25, -0.2) is 9.88 Å². The van der Waals surface area contributed by atoms with Crippen LogP contribution < -0.4 is 4.90 Å². The van der Waals surface area contributed by atoms with Gasteiger partial charge in [0.05, 0.1) is 17.8 Å². The number of imide groups is 1. The maximum Gasteiger partial charge on any atom is 0.245 e. The second-order valence-corrected chi connectivity index (χ2v) is 4.99. The number of pyridine rings is 1. The Morgan fingerprint density at radius 3 is 2.65 bits per heavy atom. The molecule has 1 aromatic carbocycles. The van der Waals surface area contributed by atoms with E-state index in [1.54, 1.807) is 6.07 Å². The summed E-state index contributed by atoms with van der Waals surface area (Å²) in [7, 11) is 0. The first kappa shape index (κ1) is 12.8. The highest BCUT2D eigenvalue weighted by Gasteiger charge is 2.40. The maximum atomic E-state index is 12.5. The van der Waals surface area contributed by atoms with Crippen LogP contribution in [0, 0.1) is 0 Å². The van der Waals surface area contributed by atoms with Crippen LogP contribution in [0.1, 0.15) is 24.0 Å². The number of benzene rings is 1. The van der Waals surface area contributed by atoms with E-state index in [1.807, 2.05) is 30.3 Å². The van der Waals surface area contributed by atoms with Crippen LogP contribution in [-0.2, 0) is 9.59 Å². The number of hydrogen-bond donors (Lipinski definition) is 0. The normalized spacial score (nSPS) is 17.2. The lowest BCUT2D eigenvalue weighted by molar-refractivity contribution is -0.125. The molecular weight excluding hydrogens is 276 g/mol. The van der Waals surface area contributed by atoms with Crippen LogP contribution in [0.4, 0.5) is 5.69 Å². The average Bonchev–Trinajstić information content (AvgIpc) is 2.71. The van der Waals surface area contributed by atoms with Crippen molar-refractivity contribution in [3.05, 3.63) is 58.9 Å². The standard InChI is InChI=1S/C15H11ClN2O2/c1-9(19)18-12-8-17-13(16)7-11(12)14(15(18)20)10-5-3-2-4-6-10/h2-8,14H,1H3. The van der Waals surface area contributed by atoms with Gasteiger partial charge in [-0.05, 0) is 17.2 Å². The molecular formula is C15H11ClN2O2. The molecule has 0 bridgehead atoms. The first-order valence-corrected chi connectivity index (χ1v) is 6.52. The summed E-state index contributed by atoms with van der Waals surface area (Å²) in [6.07, 6.45) is 1.47. The van der Waals surface area contributed by atoms with E-state index in [9.17, 15) is 9.59 Å². The summed E-state index contributed by atoms with van der Waals surface area (Å²) in [4.78, 5) is 29.4. The molecule has 4 nitrogen and oxygen atoms in total. The molecule has 3 rings (SSSR count). The summed E-state index contributed by atoms with van der Waals surface area (Å²) in [5.74, 6) is -1.09. The van der Waals surface area contributed by atoms with Crippen molar-refractivity contribution in [2.24, 2.45) is 0 Å². The SMILES string of the molecule is CC(=O)N1C(=O)C(c2ccccc2)c2cc(Cl)ncc21. The molecule has 0 fully saturated rings. The van der Waals surface area contributed by atoms with Crippen molar-refractivity contribution in [1.29, 1.82) is 0 Å². The third-order valence-electron chi connectivity index (χ3n) is 3.35. The summed E-state index contributed by atoms with van der Waals surface area (Å²) < 4.78 is 0. The van der Waals surface area contributed by atoms with Gasteiger partial charge in [-0.2, -0.15) is 0 Å². The molecule has 1 aliphatic heterocycles. The third kappa shape index (κ3) is 1.89. The van der Waals surface area contributed by atoms with E-state index in [-0.39, 0.29) is 11.8 Å². The minimum absolute atomic E-state index is 0.261. The van der Waals surface area contributed by atoms with E-state index in [0.29, 0.717) is 10.8 Å². The first-order chi connectivity index (χ1) is 9.59. The number of rotatable bonds is 1. The monoisotopic (exact) mass is 286 g/mol. The van der Waals surface area contributed by atoms with Gasteiger partial charge in [-0.3, -0.25) is 9.59 Å². The topological polar surface area (TPSA) is 50.3 Å². The third-order valence-corrected chi connectivity index (χ3v) is 3.55. The molecule has 2 aromatic rings. The Balaban J connectivity index is 2.20. The van der Waals surface area contributed by atoms with E-state index in [0.717, 1.165) is 16.0 Å².